The summed E-state index contributed by atoms with van der Waals surface area (Å²) < 4.78 is 37.5. The lowest BCUT2D eigenvalue weighted by Gasteiger charge is -2.23. The Morgan fingerprint density at radius 1 is 1.26 bits per heavy atom. The van der Waals surface area contributed by atoms with Crippen LogP contribution in [0.4, 0.5) is 13.2 Å². The number of nitrogens with two attached hydrogens (primary N) is 1. The number of aliphatic hydroxyl groups excluding tert-OH is 1. The maximum atomic E-state index is 12.5. The van der Waals surface area contributed by atoms with Crippen LogP contribution in [0.2, 0.25) is 5.02 Å². The second kappa shape index (κ2) is 6.79. The predicted octanol–water partition coefficient (Wildman–Crippen LogP) is 3.80. The lowest BCUT2D eigenvalue weighted by Crippen LogP contribution is -2.30. The maximum absolute atomic E-state index is 12.5. The SMILES string of the molecule is CC(C)[C@@H](O)[C@@H](N)c1ccc(C(F)(F)F)c(Cl)c1.Cl. The third kappa shape index (κ3) is 4.53. The van der Waals surface area contributed by atoms with Crippen LogP contribution in [0.1, 0.15) is 31.0 Å². The summed E-state index contributed by atoms with van der Waals surface area (Å²) in [6, 6.07) is 2.51. The third-order valence-electron chi connectivity index (χ3n) is 2.73. The summed E-state index contributed by atoms with van der Waals surface area (Å²) >= 11 is 5.59. The van der Waals surface area contributed by atoms with Crippen LogP contribution >= 0.6 is 24.0 Å². The van der Waals surface area contributed by atoms with Crippen LogP contribution in [0.15, 0.2) is 18.2 Å². The van der Waals surface area contributed by atoms with E-state index in [0.29, 0.717) is 5.56 Å². The Labute approximate surface area is 121 Å². The van der Waals surface area contributed by atoms with E-state index in [1.807, 2.05) is 0 Å². The van der Waals surface area contributed by atoms with Crippen LogP contribution in [0.5, 0.6) is 0 Å². The first-order valence-corrected chi connectivity index (χ1v) is 5.82. The van der Waals surface area contributed by atoms with Crippen LogP contribution < -0.4 is 5.73 Å². The molecule has 0 aliphatic rings. The van der Waals surface area contributed by atoms with Crippen molar-refractivity contribution in [1.82, 2.24) is 0 Å². The van der Waals surface area contributed by atoms with Crippen molar-refractivity contribution in [1.29, 1.82) is 0 Å². The molecule has 7 heteroatoms. The van der Waals surface area contributed by atoms with E-state index in [2.05, 4.69) is 0 Å². The number of alkyl halides is 3. The summed E-state index contributed by atoms with van der Waals surface area (Å²) in [6.45, 7) is 3.55. The van der Waals surface area contributed by atoms with E-state index >= 15 is 0 Å². The topological polar surface area (TPSA) is 46.2 Å². The summed E-state index contributed by atoms with van der Waals surface area (Å²) in [4.78, 5) is 0. The van der Waals surface area contributed by atoms with E-state index in [0.717, 1.165) is 12.1 Å². The highest BCUT2D eigenvalue weighted by Crippen LogP contribution is 2.36. The number of aliphatic hydroxyl groups is 1. The van der Waals surface area contributed by atoms with Gasteiger partial charge in [-0.3, -0.25) is 0 Å². The minimum Gasteiger partial charge on any atom is -0.391 e. The molecular formula is C12H16Cl2F3NO. The lowest BCUT2D eigenvalue weighted by molar-refractivity contribution is -0.137. The van der Waals surface area contributed by atoms with Crippen molar-refractivity contribution in [3.63, 3.8) is 0 Å². The quantitative estimate of drug-likeness (QED) is 0.890. The summed E-state index contributed by atoms with van der Waals surface area (Å²) in [6.07, 6.45) is -5.33. The summed E-state index contributed by atoms with van der Waals surface area (Å²) in [7, 11) is 0. The molecule has 0 amide bonds. The van der Waals surface area contributed by atoms with Gasteiger partial charge in [-0.1, -0.05) is 31.5 Å². The highest BCUT2D eigenvalue weighted by molar-refractivity contribution is 6.31. The minimum atomic E-state index is -4.49. The average molecular weight is 318 g/mol. The molecule has 1 rings (SSSR count). The number of halogens is 5. The second-order valence-electron chi connectivity index (χ2n) is 4.50. The van der Waals surface area contributed by atoms with Crippen molar-refractivity contribution in [2.45, 2.75) is 32.2 Å². The maximum Gasteiger partial charge on any atom is 0.417 e. The molecule has 0 bridgehead atoms. The summed E-state index contributed by atoms with van der Waals surface area (Å²) in [5, 5.41) is 9.37. The Morgan fingerprint density at radius 3 is 2.16 bits per heavy atom. The van der Waals surface area contributed by atoms with Crippen molar-refractivity contribution >= 4 is 24.0 Å². The molecule has 110 valence electrons. The molecule has 0 unspecified atom stereocenters. The minimum absolute atomic E-state index is 0. The standard InChI is InChI=1S/C12H15ClF3NO.ClH/c1-6(2)11(18)10(17)7-3-4-8(9(13)5-7)12(14,15)16;/h3-6,10-11,18H,17H2,1-2H3;1H/t10-,11+;/m0./s1. The third-order valence-corrected chi connectivity index (χ3v) is 3.05. The van der Waals surface area contributed by atoms with E-state index < -0.39 is 28.9 Å². The van der Waals surface area contributed by atoms with Gasteiger partial charge in [-0.25, -0.2) is 0 Å². The zero-order valence-corrected chi connectivity index (χ0v) is 12.0. The number of hydrogen-bond donors (Lipinski definition) is 2. The van der Waals surface area contributed by atoms with E-state index in [-0.39, 0.29) is 18.3 Å². The molecule has 0 radical (unpaired) electrons. The zero-order valence-electron chi connectivity index (χ0n) is 10.4. The molecule has 0 heterocycles. The molecule has 0 saturated carbocycles. The molecule has 0 spiro atoms. The summed E-state index contributed by atoms with van der Waals surface area (Å²) in [5.41, 5.74) is 5.26. The Balaban J connectivity index is 0.00000324. The first kappa shape index (κ1) is 18.5. The van der Waals surface area contributed by atoms with Gasteiger partial charge in [0.15, 0.2) is 0 Å². The normalized spacial score (nSPS) is 15.0. The number of rotatable bonds is 3. The van der Waals surface area contributed by atoms with Crippen molar-refractivity contribution in [3.05, 3.63) is 34.3 Å². The van der Waals surface area contributed by atoms with Crippen molar-refractivity contribution in [2.75, 3.05) is 0 Å². The van der Waals surface area contributed by atoms with Gasteiger partial charge in [-0.15, -0.1) is 12.4 Å². The monoisotopic (exact) mass is 317 g/mol. The fourth-order valence-electron chi connectivity index (χ4n) is 1.58. The van der Waals surface area contributed by atoms with Gasteiger partial charge in [-0.2, -0.15) is 13.2 Å². The smallest absolute Gasteiger partial charge is 0.391 e. The molecule has 2 nitrogen and oxygen atoms in total. The molecular weight excluding hydrogens is 302 g/mol. The van der Waals surface area contributed by atoms with E-state index in [1.165, 1.54) is 6.07 Å². The first-order chi connectivity index (χ1) is 8.14. The highest BCUT2D eigenvalue weighted by Gasteiger charge is 2.33. The molecule has 0 aliphatic heterocycles. The van der Waals surface area contributed by atoms with Crippen molar-refractivity contribution in [3.8, 4) is 0 Å². The Morgan fingerprint density at radius 2 is 1.79 bits per heavy atom. The summed E-state index contributed by atoms with van der Waals surface area (Å²) in [5.74, 6) is -0.0962. The molecule has 2 atom stereocenters. The van der Waals surface area contributed by atoms with Crippen LogP contribution in [0.25, 0.3) is 0 Å². The van der Waals surface area contributed by atoms with Gasteiger partial charge < -0.3 is 10.8 Å². The van der Waals surface area contributed by atoms with Gasteiger partial charge in [0.25, 0.3) is 0 Å². The molecule has 0 fully saturated rings. The molecule has 0 aromatic heterocycles. The van der Waals surface area contributed by atoms with Crippen LogP contribution in [0.3, 0.4) is 0 Å². The largest absolute Gasteiger partial charge is 0.417 e. The van der Waals surface area contributed by atoms with Gasteiger partial charge in [-0.05, 0) is 23.6 Å². The van der Waals surface area contributed by atoms with Gasteiger partial charge in [0, 0.05) is 0 Å². The van der Waals surface area contributed by atoms with Crippen LogP contribution in [0, 0.1) is 5.92 Å². The average Bonchev–Trinajstić information content (AvgIpc) is 2.24. The fourth-order valence-corrected chi connectivity index (χ4v) is 1.88. The van der Waals surface area contributed by atoms with Crippen molar-refractivity contribution < 1.29 is 18.3 Å². The number of benzene rings is 1. The Bertz CT molecular complexity index is 424. The highest BCUT2D eigenvalue weighted by atomic mass is 35.5. The van der Waals surface area contributed by atoms with Gasteiger partial charge in [0.2, 0.25) is 0 Å². The fraction of sp³-hybridized carbons (Fsp3) is 0.500. The van der Waals surface area contributed by atoms with Crippen molar-refractivity contribution in [2.24, 2.45) is 11.7 Å². The molecule has 0 aliphatic carbocycles. The number of hydrogen-bond acceptors (Lipinski definition) is 2. The van der Waals surface area contributed by atoms with Crippen LogP contribution in [-0.4, -0.2) is 11.2 Å². The molecule has 3 N–H and O–H groups in total. The van der Waals surface area contributed by atoms with E-state index in [4.69, 9.17) is 17.3 Å². The molecule has 1 aromatic carbocycles. The van der Waals surface area contributed by atoms with Gasteiger partial charge in [0.05, 0.1) is 22.7 Å². The molecule has 1 aromatic rings. The van der Waals surface area contributed by atoms with E-state index in [9.17, 15) is 18.3 Å². The zero-order chi connectivity index (χ0) is 14.1. The van der Waals surface area contributed by atoms with E-state index in [1.54, 1.807) is 13.8 Å². The second-order valence-corrected chi connectivity index (χ2v) is 4.90. The lowest BCUT2D eigenvalue weighted by atomic mass is 9.94. The van der Waals surface area contributed by atoms with Crippen LogP contribution in [-0.2, 0) is 6.18 Å². The van der Waals surface area contributed by atoms with Gasteiger partial charge >= 0.3 is 6.18 Å². The Kier molecular flexibility index (Phi) is 6.62. The Hall–Kier alpha value is -0.490. The first-order valence-electron chi connectivity index (χ1n) is 5.45. The van der Waals surface area contributed by atoms with Gasteiger partial charge in [0.1, 0.15) is 0 Å². The molecule has 0 saturated heterocycles. The molecule has 19 heavy (non-hydrogen) atoms. The predicted molar refractivity (Wildman–Crippen MR) is 71.5 cm³/mol.